The normalized spacial score (nSPS) is 12.9. The van der Waals surface area contributed by atoms with Crippen molar-refractivity contribution in [1.82, 2.24) is 0 Å². The first-order valence-electron chi connectivity index (χ1n) is 15.5. The van der Waals surface area contributed by atoms with Crippen molar-refractivity contribution in [2.75, 3.05) is 0 Å². The lowest BCUT2D eigenvalue weighted by Gasteiger charge is -2.29. The summed E-state index contributed by atoms with van der Waals surface area (Å²) in [5, 5.41) is 2.84. The molecule has 0 nitrogen and oxygen atoms in total. The molecule has 0 unspecified atom stereocenters. The smallest absolute Gasteiger partial charge is 0.135 e. The van der Waals surface area contributed by atoms with E-state index in [-0.39, 0.29) is 16.2 Å². The van der Waals surface area contributed by atoms with E-state index in [0.29, 0.717) is 0 Å². The minimum absolute atomic E-state index is 0.0363. The molecule has 0 bridgehead atoms. The maximum absolute atomic E-state index is 2.45. The molecule has 0 radical (unpaired) electrons. The molecular formula is C36H45B5S. The van der Waals surface area contributed by atoms with Crippen molar-refractivity contribution in [3.63, 3.8) is 0 Å². The summed E-state index contributed by atoms with van der Waals surface area (Å²) in [6.45, 7) is 21.2. The van der Waals surface area contributed by atoms with Crippen LogP contribution in [0.25, 0.3) is 42.4 Å². The van der Waals surface area contributed by atoms with Gasteiger partial charge in [-0.2, -0.15) is 0 Å². The summed E-state index contributed by atoms with van der Waals surface area (Å²) < 4.78 is 2.75. The van der Waals surface area contributed by atoms with Crippen LogP contribution < -0.4 is 27.3 Å². The van der Waals surface area contributed by atoms with Crippen LogP contribution in [0.4, 0.5) is 0 Å². The van der Waals surface area contributed by atoms with Gasteiger partial charge in [-0.1, -0.05) is 110 Å². The van der Waals surface area contributed by atoms with E-state index in [2.05, 4.69) is 150 Å². The number of thiophene rings is 1. The Morgan fingerprint density at radius 1 is 0.500 bits per heavy atom. The maximum atomic E-state index is 2.45. The van der Waals surface area contributed by atoms with Crippen LogP contribution in [0.2, 0.25) is 0 Å². The summed E-state index contributed by atoms with van der Waals surface area (Å²) >= 11 is 1.94. The minimum Gasteiger partial charge on any atom is -0.135 e. The Labute approximate surface area is 263 Å². The van der Waals surface area contributed by atoms with Crippen molar-refractivity contribution < 1.29 is 0 Å². The van der Waals surface area contributed by atoms with Gasteiger partial charge in [-0.25, -0.2) is 0 Å². The predicted octanol–water partition coefficient (Wildman–Crippen LogP) is 2.57. The van der Waals surface area contributed by atoms with Gasteiger partial charge in [0.05, 0.1) is 0 Å². The molecule has 42 heavy (non-hydrogen) atoms. The summed E-state index contributed by atoms with van der Waals surface area (Å²) in [7, 11) is 11.5. The van der Waals surface area contributed by atoms with Crippen LogP contribution in [0, 0.1) is 0 Å². The zero-order valence-electron chi connectivity index (χ0n) is 28.5. The van der Waals surface area contributed by atoms with Crippen molar-refractivity contribution in [3.05, 3.63) is 65.2 Å². The quantitative estimate of drug-likeness (QED) is 0.290. The maximum Gasteiger partial charge on any atom is 0.139 e. The molecule has 0 amide bonds. The van der Waals surface area contributed by atoms with Crippen LogP contribution in [0.1, 0.15) is 79.0 Å². The van der Waals surface area contributed by atoms with Gasteiger partial charge in [0.15, 0.2) is 0 Å². The molecule has 4 aromatic carbocycles. The minimum atomic E-state index is -0.0363. The highest BCUT2D eigenvalue weighted by Gasteiger charge is 2.28. The third-order valence-electron chi connectivity index (χ3n) is 9.66. The van der Waals surface area contributed by atoms with E-state index < -0.39 is 0 Å². The molecule has 1 heterocycles. The van der Waals surface area contributed by atoms with Gasteiger partial charge in [0.25, 0.3) is 0 Å². The molecule has 0 fully saturated rings. The van der Waals surface area contributed by atoms with Crippen molar-refractivity contribution in [2.45, 2.75) is 78.6 Å². The van der Waals surface area contributed by atoms with E-state index in [9.17, 15) is 0 Å². The number of hydrogen-bond acceptors (Lipinski definition) is 1. The van der Waals surface area contributed by atoms with Gasteiger partial charge in [-0.3, -0.25) is 0 Å². The lowest BCUT2D eigenvalue weighted by molar-refractivity contribution is 0.569. The number of fused-ring (bicyclic) bond motifs is 3. The molecule has 210 valence electrons. The lowest BCUT2D eigenvalue weighted by atomic mass is 9.59. The van der Waals surface area contributed by atoms with Crippen LogP contribution in [-0.2, 0) is 16.2 Å². The van der Waals surface area contributed by atoms with Gasteiger partial charge in [-0.15, -0.1) is 27.7 Å². The largest absolute Gasteiger partial charge is 0.139 e. The van der Waals surface area contributed by atoms with Crippen molar-refractivity contribution >= 4 is 98.1 Å². The zero-order valence-corrected chi connectivity index (χ0v) is 29.3. The molecule has 0 aliphatic rings. The molecule has 6 heteroatoms. The van der Waals surface area contributed by atoms with Gasteiger partial charge >= 0.3 is 0 Å². The Balaban J connectivity index is 1.97. The van der Waals surface area contributed by atoms with E-state index in [0.717, 1.165) is 0 Å². The Kier molecular flexibility index (Phi) is 7.54. The summed E-state index contributed by atoms with van der Waals surface area (Å²) in [5.74, 6) is 0. The van der Waals surface area contributed by atoms with Gasteiger partial charge in [0, 0.05) is 20.2 Å². The van der Waals surface area contributed by atoms with E-state index in [1.807, 2.05) is 11.3 Å². The molecule has 1 aromatic heterocycles. The molecule has 0 N–H and O–H groups in total. The highest BCUT2D eigenvalue weighted by molar-refractivity contribution is 7.26. The topological polar surface area (TPSA) is 0 Å². The Morgan fingerprint density at radius 2 is 1.00 bits per heavy atom. The highest BCUT2D eigenvalue weighted by atomic mass is 32.1. The SMILES string of the molecule is Bc1c(B)c(B)c(-c2ccc3sc4cccc(-c5cc(C(C)(C)C)cc(C(C)(C)C)c5)c4c3c2C(C)(C)C)c(B)c1B. The Hall–Kier alpha value is -2.58. The molecule has 5 rings (SSSR count). The second kappa shape index (κ2) is 10.3. The van der Waals surface area contributed by atoms with Crippen molar-refractivity contribution in [1.29, 1.82) is 0 Å². The first-order valence-corrected chi connectivity index (χ1v) is 16.4. The van der Waals surface area contributed by atoms with Gasteiger partial charge in [0.1, 0.15) is 39.2 Å². The Morgan fingerprint density at radius 3 is 1.50 bits per heavy atom. The number of rotatable bonds is 2. The molecule has 0 aliphatic heterocycles. The standard InChI is InChI=1S/C36H45B5S/c1-34(2,3)19-15-18(16-20(17-19)35(4,5)6)21-11-10-12-23-25(21)27-24(42-23)14-13-22(28(27)36(7,8)9)26-29(37)31(39)33(41)32(40)30(26)38/h10-17H,37-41H2,1-9H3. The predicted molar refractivity (Wildman–Crippen MR) is 207 cm³/mol. The fourth-order valence-corrected chi connectivity index (χ4v) is 7.83. The summed E-state index contributed by atoms with van der Waals surface area (Å²) in [4.78, 5) is 0. The third-order valence-corrected chi connectivity index (χ3v) is 10.8. The van der Waals surface area contributed by atoms with Crippen LogP contribution in [0.15, 0.2) is 48.5 Å². The average molecular weight is 564 g/mol. The van der Waals surface area contributed by atoms with Crippen LogP contribution in [-0.4, -0.2) is 39.2 Å². The Bertz CT molecular complexity index is 1810. The molecule has 5 aromatic rings. The highest BCUT2D eigenvalue weighted by Crippen LogP contribution is 2.47. The van der Waals surface area contributed by atoms with E-state index >= 15 is 0 Å². The van der Waals surface area contributed by atoms with E-state index in [1.165, 1.54) is 86.4 Å². The number of benzene rings is 4. The monoisotopic (exact) mass is 564 g/mol. The average Bonchev–Trinajstić information content (AvgIpc) is 3.27. The summed E-state index contributed by atoms with van der Waals surface area (Å²) in [5.41, 5.74) is 16.9. The van der Waals surface area contributed by atoms with Crippen LogP contribution in [0.3, 0.4) is 0 Å². The van der Waals surface area contributed by atoms with Crippen molar-refractivity contribution in [2.24, 2.45) is 0 Å². The molecule has 0 spiro atoms. The molecule has 0 atom stereocenters. The van der Waals surface area contributed by atoms with Gasteiger partial charge in [-0.05, 0) is 67.3 Å². The molecule has 0 saturated carbocycles. The second-order valence-corrected chi connectivity index (χ2v) is 16.8. The van der Waals surface area contributed by atoms with E-state index in [1.54, 1.807) is 0 Å². The van der Waals surface area contributed by atoms with Gasteiger partial charge < -0.3 is 0 Å². The lowest BCUT2D eigenvalue weighted by Crippen LogP contribution is -2.55. The zero-order chi connectivity index (χ0) is 31.1. The fourth-order valence-electron chi connectivity index (χ4n) is 6.69. The molecule has 0 saturated heterocycles. The number of hydrogen-bond donors (Lipinski definition) is 0. The summed E-state index contributed by atoms with van der Waals surface area (Å²) in [6, 6.07) is 19.1. The fraction of sp³-hybridized carbons (Fsp3) is 0.333. The van der Waals surface area contributed by atoms with Crippen LogP contribution >= 0.6 is 11.3 Å². The molecular weight excluding hydrogens is 519 g/mol. The molecule has 0 aliphatic carbocycles. The van der Waals surface area contributed by atoms with Gasteiger partial charge in [0.2, 0.25) is 0 Å². The van der Waals surface area contributed by atoms with Crippen molar-refractivity contribution in [3.8, 4) is 22.3 Å². The van der Waals surface area contributed by atoms with Crippen LogP contribution in [0.5, 0.6) is 0 Å². The second-order valence-electron chi connectivity index (χ2n) is 15.7. The first-order chi connectivity index (χ1) is 19.3. The van der Waals surface area contributed by atoms with E-state index in [4.69, 9.17) is 0 Å². The third kappa shape index (κ3) is 5.13. The summed E-state index contributed by atoms with van der Waals surface area (Å²) in [6.07, 6.45) is 0. The first kappa shape index (κ1) is 30.9.